The van der Waals surface area contributed by atoms with E-state index in [2.05, 4.69) is 39.9 Å². The first kappa shape index (κ1) is 21.0. The van der Waals surface area contributed by atoms with Crippen LogP contribution in [0.4, 0.5) is 0 Å². The summed E-state index contributed by atoms with van der Waals surface area (Å²) in [5, 5.41) is 0. The van der Waals surface area contributed by atoms with Crippen molar-refractivity contribution in [1.29, 1.82) is 0 Å². The van der Waals surface area contributed by atoms with Crippen molar-refractivity contribution >= 4 is 31.9 Å². The molecule has 0 N–H and O–H groups in total. The molecule has 3 rings (SSSR count). The third-order valence-electron chi connectivity index (χ3n) is 4.97. The first-order valence-electron chi connectivity index (χ1n) is 8.98. The molecule has 1 aliphatic heterocycles. The van der Waals surface area contributed by atoms with Crippen molar-refractivity contribution in [3.63, 3.8) is 0 Å². The zero-order valence-electron chi connectivity index (χ0n) is 15.9. The number of hydrogen-bond acceptors (Lipinski definition) is 5. The fourth-order valence-electron chi connectivity index (χ4n) is 3.24. The van der Waals surface area contributed by atoms with Gasteiger partial charge in [-0.05, 0) is 52.2 Å². The number of rotatable bonds is 5. The van der Waals surface area contributed by atoms with Crippen LogP contribution in [0.1, 0.15) is 21.5 Å². The number of halogens is 1. The molecule has 0 amide bonds. The Morgan fingerprint density at radius 2 is 1.79 bits per heavy atom. The lowest BCUT2D eigenvalue weighted by Crippen LogP contribution is -2.48. The average molecular weight is 467 g/mol. The molecule has 1 heterocycles. The molecule has 0 bridgehead atoms. The van der Waals surface area contributed by atoms with Gasteiger partial charge in [-0.25, -0.2) is 13.2 Å². The van der Waals surface area contributed by atoms with Gasteiger partial charge in [-0.3, -0.25) is 4.90 Å². The summed E-state index contributed by atoms with van der Waals surface area (Å²) >= 11 is 3.26. The van der Waals surface area contributed by atoms with Gasteiger partial charge in [0.2, 0.25) is 10.0 Å². The van der Waals surface area contributed by atoms with E-state index < -0.39 is 16.0 Å². The number of sulfonamides is 1. The Morgan fingerprint density at radius 3 is 2.43 bits per heavy atom. The maximum Gasteiger partial charge on any atom is 0.339 e. The third kappa shape index (κ3) is 4.46. The average Bonchev–Trinajstić information content (AvgIpc) is 2.70. The molecular weight excluding hydrogens is 444 g/mol. The largest absolute Gasteiger partial charge is 0.465 e. The summed E-state index contributed by atoms with van der Waals surface area (Å²) in [6, 6.07) is 12.7. The van der Waals surface area contributed by atoms with Gasteiger partial charge < -0.3 is 4.74 Å². The monoisotopic (exact) mass is 466 g/mol. The third-order valence-corrected chi connectivity index (χ3v) is 7.55. The summed E-state index contributed by atoms with van der Waals surface area (Å²) in [7, 11) is -2.40. The molecule has 0 aliphatic carbocycles. The number of ether oxygens (including phenoxy) is 1. The van der Waals surface area contributed by atoms with Crippen molar-refractivity contribution in [2.75, 3.05) is 33.3 Å². The Bertz CT molecular complexity index is 970. The molecule has 0 radical (unpaired) electrons. The predicted octanol–water partition coefficient (Wildman–Crippen LogP) is 3.05. The highest BCUT2D eigenvalue weighted by atomic mass is 79.9. The van der Waals surface area contributed by atoms with Gasteiger partial charge in [0.25, 0.3) is 0 Å². The Kier molecular flexibility index (Phi) is 6.54. The van der Waals surface area contributed by atoms with E-state index in [4.69, 9.17) is 4.74 Å². The van der Waals surface area contributed by atoms with Gasteiger partial charge in [0.1, 0.15) is 0 Å². The Labute approximate surface area is 174 Å². The van der Waals surface area contributed by atoms with Crippen molar-refractivity contribution in [1.82, 2.24) is 9.21 Å². The van der Waals surface area contributed by atoms with Gasteiger partial charge in [0, 0.05) is 37.2 Å². The molecule has 28 heavy (non-hydrogen) atoms. The number of esters is 1. The van der Waals surface area contributed by atoms with E-state index in [1.807, 2.05) is 12.1 Å². The van der Waals surface area contributed by atoms with Crippen molar-refractivity contribution < 1.29 is 17.9 Å². The highest BCUT2D eigenvalue weighted by Crippen LogP contribution is 2.25. The molecule has 0 spiro atoms. The number of hydrogen-bond donors (Lipinski definition) is 0. The van der Waals surface area contributed by atoms with Crippen molar-refractivity contribution in [3.05, 3.63) is 63.6 Å². The summed E-state index contributed by atoms with van der Waals surface area (Å²) < 4.78 is 32.7. The molecule has 2 aromatic carbocycles. The molecule has 8 heteroatoms. The van der Waals surface area contributed by atoms with Crippen LogP contribution < -0.4 is 0 Å². The number of nitrogens with zero attached hydrogens (tertiary/aromatic N) is 2. The fourth-order valence-corrected chi connectivity index (χ4v) is 5.09. The lowest BCUT2D eigenvalue weighted by molar-refractivity contribution is 0.0599. The minimum Gasteiger partial charge on any atom is -0.465 e. The number of carbonyl (C=O) groups excluding carboxylic acids is 1. The van der Waals surface area contributed by atoms with Crippen LogP contribution in [0.3, 0.4) is 0 Å². The van der Waals surface area contributed by atoms with Crippen LogP contribution in [0.15, 0.2) is 51.8 Å². The molecule has 0 atom stereocenters. The molecule has 1 aliphatic rings. The predicted molar refractivity (Wildman–Crippen MR) is 111 cm³/mol. The highest BCUT2D eigenvalue weighted by Gasteiger charge is 2.29. The second-order valence-corrected chi connectivity index (χ2v) is 9.53. The second kappa shape index (κ2) is 8.73. The highest BCUT2D eigenvalue weighted by molar-refractivity contribution is 9.10. The Balaban J connectivity index is 1.71. The molecule has 1 saturated heterocycles. The zero-order chi connectivity index (χ0) is 20.3. The van der Waals surface area contributed by atoms with Crippen LogP contribution in [0.2, 0.25) is 0 Å². The first-order valence-corrected chi connectivity index (χ1v) is 11.2. The van der Waals surface area contributed by atoms with Gasteiger partial charge in [-0.2, -0.15) is 4.31 Å². The van der Waals surface area contributed by atoms with E-state index in [0.717, 1.165) is 6.54 Å². The molecule has 6 nitrogen and oxygen atoms in total. The standard InChI is InChI=1S/C20H23BrN2O4S/c1-15-5-3-4-6-16(15)14-22-9-11-23(12-10-22)28(25,26)17-7-8-19(21)18(13-17)20(24)27-2/h3-8,13H,9-12,14H2,1-2H3. The van der Waals surface area contributed by atoms with Crippen LogP contribution in [-0.4, -0.2) is 56.9 Å². The van der Waals surface area contributed by atoms with E-state index in [0.29, 0.717) is 30.7 Å². The lowest BCUT2D eigenvalue weighted by Gasteiger charge is -2.34. The van der Waals surface area contributed by atoms with Crippen LogP contribution in [0.5, 0.6) is 0 Å². The normalized spacial score (nSPS) is 16.1. The number of methoxy groups -OCH3 is 1. The summed E-state index contributed by atoms with van der Waals surface area (Å²) in [5.74, 6) is -0.577. The van der Waals surface area contributed by atoms with Crippen molar-refractivity contribution in [3.8, 4) is 0 Å². The van der Waals surface area contributed by atoms with Gasteiger partial charge in [0.05, 0.1) is 17.6 Å². The van der Waals surface area contributed by atoms with E-state index in [9.17, 15) is 13.2 Å². The van der Waals surface area contributed by atoms with Crippen LogP contribution in [-0.2, 0) is 21.3 Å². The molecule has 150 valence electrons. The van der Waals surface area contributed by atoms with E-state index in [1.54, 1.807) is 6.07 Å². The van der Waals surface area contributed by atoms with Crippen LogP contribution >= 0.6 is 15.9 Å². The van der Waals surface area contributed by atoms with E-state index in [-0.39, 0.29) is 10.5 Å². The minimum atomic E-state index is -3.67. The second-order valence-electron chi connectivity index (χ2n) is 6.74. The Morgan fingerprint density at radius 1 is 1.11 bits per heavy atom. The summed E-state index contributed by atoms with van der Waals surface area (Å²) in [4.78, 5) is 14.2. The Hall–Kier alpha value is -1.74. The minimum absolute atomic E-state index is 0.100. The topological polar surface area (TPSA) is 66.9 Å². The molecule has 2 aromatic rings. The van der Waals surface area contributed by atoms with Crippen LogP contribution in [0.25, 0.3) is 0 Å². The quantitative estimate of drug-likeness (QED) is 0.633. The number of benzene rings is 2. The smallest absolute Gasteiger partial charge is 0.339 e. The molecule has 0 unspecified atom stereocenters. The number of piperazine rings is 1. The van der Waals surface area contributed by atoms with Gasteiger partial charge >= 0.3 is 5.97 Å². The zero-order valence-corrected chi connectivity index (χ0v) is 18.3. The molecule has 0 aromatic heterocycles. The summed E-state index contributed by atoms with van der Waals surface area (Å²) in [6.45, 7) is 5.05. The summed E-state index contributed by atoms with van der Waals surface area (Å²) in [5.41, 5.74) is 2.69. The maximum absolute atomic E-state index is 13.0. The molecular formula is C20H23BrN2O4S. The maximum atomic E-state index is 13.0. The van der Waals surface area contributed by atoms with Gasteiger partial charge in [0.15, 0.2) is 0 Å². The molecule has 1 fully saturated rings. The van der Waals surface area contributed by atoms with Gasteiger partial charge in [-0.1, -0.05) is 24.3 Å². The fraction of sp³-hybridized carbons (Fsp3) is 0.350. The summed E-state index contributed by atoms with van der Waals surface area (Å²) in [6.07, 6.45) is 0. The number of aryl methyl sites for hydroxylation is 1. The van der Waals surface area contributed by atoms with Crippen molar-refractivity contribution in [2.45, 2.75) is 18.4 Å². The van der Waals surface area contributed by atoms with E-state index >= 15 is 0 Å². The van der Waals surface area contributed by atoms with Gasteiger partial charge in [-0.15, -0.1) is 0 Å². The van der Waals surface area contributed by atoms with E-state index in [1.165, 1.54) is 34.7 Å². The van der Waals surface area contributed by atoms with Crippen molar-refractivity contribution in [2.24, 2.45) is 0 Å². The SMILES string of the molecule is COC(=O)c1cc(S(=O)(=O)N2CCN(Cc3ccccc3C)CC2)ccc1Br. The first-order chi connectivity index (χ1) is 13.3. The van der Waals surface area contributed by atoms with Crippen LogP contribution in [0, 0.1) is 6.92 Å². The molecule has 0 saturated carbocycles. The lowest BCUT2D eigenvalue weighted by atomic mass is 10.1. The number of carbonyl (C=O) groups is 1.